The maximum atomic E-state index is 11.0. The van der Waals surface area contributed by atoms with E-state index < -0.39 is 11.5 Å². The maximum absolute atomic E-state index is 11.0. The summed E-state index contributed by atoms with van der Waals surface area (Å²) in [6.45, 7) is 2.77. The zero-order chi connectivity index (χ0) is 14.9. The van der Waals surface area contributed by atoms with E-state index in [-0.39, 0.29) is 5.92 Å². The summed E-state index contributed by atoms with van der Waals surface area (Å²) in [6, 6.07) is 10.1. The lowest BCUT2D eigenvalue weighted by Crippen LogP contribution is -2.47. The zero-order valence-corrected chi connectivity index (χ0v) is 12.6. The summed E-state index contributed by atoms with van der Waals surface area (Å²) in [5.74, 6) is 1.73. The number of benzene rings is 1. The second-order valence-corrected chi connectivity index (χ2v) is 6.64. The summed E-state index contributed by atoms with van der Waals surface area (Å²) in [7, 11) is 0. The van der Waals surface area contributed by atoms with Crippen molar-refractivity contribution in [3.8, 4) is 11.8 Å². The van der Waals surface area contributed by atoms with Gasteiger partial charge in [0.05, 0.1) is 18.8 Å². The van der Waals surface area contributed by atoms with Gasteiger partial charge in [-0.2, -0.15) is 5.26 Å². The van der Waals surface area contributed by atoms with E-state index in [0.29, 0.717) is 13.0 Å². The predicted octanol–water partition coefficient (Wildman–Crippen LogP) is 3.42. The van der Waals surface area contributed by atoms with E-state index in [1.54, 1.807) is 0 Å². The zero-order valence-electron chi connectivity index (χ0n) is 12.6. The van der Waals surface area contributed by atoms with Crippen molar-refractivity contribution in [2.45, 2.75) is 50.5 Å². The molecular formula is C18H23NO2. The first-order valence-electron chi connectivity index (χ1n) is 7.99. The molecule has 1 fully saturated rings. The molecule has 1 aliphatic heterocycles. The van der Waals surface area contributed by atoms with Gasteiger partial charge >= 0.3 is 0 Å². The molecule has 0 aromatic heterocycles. The quantitative estimate of drug-likeness (QED) is 0.906. The molecule has 112 valence electrons. The SMILES string of the molecule is CC1CCC(C(O)C2(C#N)CCOc3ccccc32)CC1. The van der Waals surface area contributed by atoms with Crippen LogP contribution < -0.4 is 4.74 Å². The highest BCUT2D eigenvalue weighted by atomic mass is 16.5. The summed E-state index contributed by atoms with van der Waals surface area (Å²) in [5, 5.41) is 20.9. The summed E-state index contributed by atoms with van der Waals surface area (Å²) < 4.78 is 5.67. The molecular weight excluding hydrogens is 262 g/mol. The minimum Gasteiger partial charge on any atom is -0.493 e. The second kappa shape index (κ2) is 5.69. The molecule has 21 heavy (non-hydrogen) atoms. The van der Waals surface area contributed by atoms with Gasteiger partial charge in [0.2, 0.25) is 0 Å². The first kappa shape index (κ1) is 14.4. The first-order chi connectivity index (χ1) is 10.2. The van der Waals surface area contributed by atoms with Gasteiger partial charge in [0.15, 0.2) is 0 Å². The molecule has 2 unspecified atom stereocenters. The number of aliphatic hydroxyl groups excluding tert-OH is 1. The molecule has 0 bridgehead atoms. The van der Waals surface area contributed by atoms with Crippen molar-refractivity contribution in [2.75, 3.05) is 6.61 Å². The van der Waals surface area contributed by atoms with Crippen molar-refractivity contribution in [3.63, 3.8) is 0 Å². The van der Waals surface area contributed by atoms with Crippen LogP contribution in [-0.4, -0.2) is 17.8 Å². The highest BCUT2D eigenvalue weighted by Crippen LogP contribution is 2.45. The molecule has 3 rings (SSSR count). The summed E-state index contributed by atoms with van der Waals surface area (Å²) in [4.78, 5) is 0. The molecule has 2 aliphatic rings. The van der Waals surface area contributed by atoms with Crippen LogP contribution in [0.15, 0.2) is 24.3 Å². The number of hydrogen-bond acceptors (Lipinski definition) is 3. The number of ether oxygens (including phenoxy) is 1. The molecule has 1 aromatic carbocycles. The molecule has 0 spiro atoms. The molecule has 3 heteroatoms. The van der Waals surface area contributed by atoms with Crippen molar-refractivity contribution in [2.24, 2.45) is 11.8 Å². The number of aliphatic hydroxyl groups is 1. The van der Waals surface area contributed by atoms with Crippen molar-refractivity contribution < 1.29 is 9.84 Å². The van der Waals surface area contributed by atoms with Crippen LogP contribution in [0.3, 0.4) is 0 Å². The van der Waals surface area contributed by atoms with Crippen LogP contribution in [0.4, 0.5) is 0 Å². The lowest BCUT2D eigenvalue weighted by Gasteiger charge is -2.41. The molecule has 0 amide bonds. The monoisotopic (exact) mass is 285 g/mol. The number of hydrogen-bond donors (Lipinski definition) is 1. The molecule has 1 heterocycles. The van der Waals surface area contributed by atoms with Crippen LogP contribution in [0.25, 0.3) is 0 Å². The fourth-order valence-electron chi connectivity index (χ4n) is 3.91. The van der Waals surface area contributed by atoms with E-state index in [9.17, 15) is 10.4 Å². The molecule has 1 N–H and O–H groups in total. The van der Waals surface area contributed by atoms with Crippen LogP contribution in [0, 0.1) is 23.2 Å². The van der Waals surface area contributed by atoms with Crippen LogP contribution in [0.2, 0.25) is 0 Å². The van der Waals surface area contributed by atoms with Crippen molar-refractivity contribution in [1.82, 2.24) is 0 Å². The average molecular weight is 285 g/mol. The van der Waals surface area contributed by atoms with Gasteiger partial charge in [-0.1, -0.05) is 38.0 Å². The Morgan fingerprint density at radius 2 is 2.00 bits per heavy atom. The minimum atomic E-state index is -0.805. The predicted molar refractivity (Wildman–Crippen MR) is 81.0 cm³/mol. The lowest BCUT2D eigenvalue weighted by atomic mass is 9.65. The van der Waals surface area contributed by atoms with Crippen LogP contribution >= 0.6 is 0 Å². The smallest absolute Gasteiger partial charge is 0.124 e. The second-order valence-electron chi connectivity index (χ2n) is 6.64. The Kier molecular flexibility index (Phi) is 3.91. The summed E-state index contributed by atoms with van der Waals surface area (Å²) in [6.07, 6.45) is 4.33. The Balaban J connectivity index is 1.93. The third-order valence-electron chi connectivity index (χ3n) is 5.33. The summed E-state index contributed by atoms with van der Waals surface area (Å²) in [5.41, 5.74) is 0.0602. The Hall–Kier alpha value is -1.53. The van der Waals surface area contributed by atoms with Gasteiger partial charge in [0.25, 0.3) is 0 Å². The van der Waals surface area contributed by atoms with Gasteiger partial charge in [-0.25, -0.2) is 0 Å². The van der Waals surface area contributed by atoms with Gasteiger partial charge in [0.1, 0.15) is 11.2 Å². The standard InChI is InChI=1S/C18H23NO2/c1-13-6-8-14(9-7-13)17(20)18(12-19)10-11-21-16-5-3-2-4-15(16)18/h2-5,13-14,17,20H,6-11H2,1H3. The van der Waals surface area contributed by atoms with Crippen molar-refractivity contribution >= 4 is 0 Å². The van der Waals surface area contributed by atoms with Crippen molar-refractivity contribution in [1.29, 1.82) is 5.26 Å². The van der Waals surface area contributed by atoms with Crippen molar-refractivity contribution in [3.05, 3.63) is 29.8 Å². The Bertz CT molecular complexity index is 542. The molecule has 1 saturated carbocycles. The lowest BCUT2D eigenvalue weighted by molar-refractivity contribution is 0.0132. The van der Waals surface area contributed by atoms with Crippen LogP contribution in [0.1, 0.15) is 44.6 Å². The Morgan fingerprint density at radius 1 is 1.29 bits per heavy atom. The Morgan fingerprint density at radius 3 is 2.71 bits per heavy atom. The number of para-hydroxylation sites is 1. The van der Waals surface area contributed by atoms with Gasteiger partial charge in [-0.05, 0) is 30.7 Å². The topological polar surface area (TPSA) is 53.2 Å². The van der Waals surface area contributed by atoms with E-state index >= 15 is 0 Å². The Labute approximate surface area is 126 Å². The third-order valence-corrected chi connectivity index (χ3v) is 5.33. The number of fused-ring (bicyclic) bond motifs is 1. The molecule has 0 radical (unpaired) electrons. The molecule has 1 aliphatic carbocycles. The summed E-state index contributed by atoms with van der Waals surface area (Å²) >= 11 is 0. The van der Waals surface area contributed by atoms with Crippen LogP contribution in [-0.2, 0) is 5.41 Å². The van der Waals surface area contributed by atoms with E-state index in [4.69, 9.17) is 4.74 Å². The van der Waals surface area contributed by atoms with Crippen LogP contribution in [0.5, 0.6) is 5.75 Å². The number of nitrogens with zero attached hydrogens (tertiary/aromatic N) is 1. The third kappa shape index (κ3) is 2.42. The highest BCUT2D eigenvalue weighted by molar-refractivity contribution is 5.46. The van der Waals surface area contributed by atoms with Gasteiger partial charge in [-0.15, -0.1) is 0 Å². The van der Waals surface area contributed by atoms with Gasteiger partial charge in [0, 0.05) is 12.0 Å². The first-order valence-corrected chi connectivity index (χ1v) is 7.99. The van der Waals surface area contributed by atoms with E-state index in [1.807, 2.05) is 24.3 Å². The largest absolute Gasteiger partial charge is 0.493 e. The number of nitriles is 1. The van der Waals surface area contributed by atoms with E-state index in [1.165, 1.54) is 0 Å². The van der Waals surface area contributed by atoms with E-state index in [2.05, 4.69) is 13.0 Å². The fourth-order valence-corrected chi connectivity index (χ4v) is 3.91. The van der Waals surface area contributed by atoms with Gasteiger partial charge in [-0.3, -0.25) is 0 Å². The highest BCUT2D eigenvalue weighted by Gasteiger charge is 2.47. The minimum absolute atomic E-state index is 0.229. The normalized spacial score (nSPS) is 33.4. The number of rotatable bonds is 2. The molecule has 3 nitrogen and oxygen atoms in total. The molecule has 2 atom stereocenters. The average Bonchev–Trinajstić information content (AvgIpc) is 2.54. The molecule has 0 saturated heterocycles. The fraction of sp³-hybridized carbons (Fsp3) is 0.611. The van der Waals surface area contributed by atoms with E-state index in [0.717, 1.165) is 42.9 Å². The van der Waals surface area contributed by atoms with Gasteiger partial charge < -0.3 is 9.84 Å². The molecule has 1 aromatic rings. The maximum Gasteiger partial charge on any atom is 0.124 e.